The molecular formula is C20H27BrN4O3. The molecule has 152 valence electrons. The molecule has 0 aliphatic carbocycles. The Morgan fingerprint density at radius 1 is 1.04 bits per heavy atom. The molecule has 2 aliphatic heterocycles. The Hall–Kier alpha value is -1.93. The van der Waals surface area contributed by atoms with Gasteiger partial charge in [0.25, 0.3) is 5.91 Å². The molecule has 0 aromatic heterocycles. The molecule has 0 saturated carbocycles. The van der Waals surface area contributed by atoms with Gasteiger partial charge < -0.3 is 20.0 Å². The number of carbonyl (C=O) groups is 3. The van der Waals surface area contributed by atoms with Crippen LogP contribution in [0.5, 0.6) is 0 Å². The molecule has 0 atom stereocenters. The Balaban J connectivity index is 1.42. The fourth-order valence-electron chi connectivity index (χ4n) is 3.66. The molecule has 1 N–H and O–H groups in total. The Bertz CT molecular complexity index is 726. The van der Waals surface area contributed by atoms with E-state index in [1.54, 1.807) is 23.1 Å². The van der Waals surface area contributed by atoms with Gasteiger partial charge in [-0.1, -0.05) is 22.0 Å². The minimum absolute atomic E-state index is 0.00344. The highest BCUT2D eigenvalue weighted by molar-refractivity contribution is 9.10. The summed E-state index contributed by atoms with van der Waals surface area (Å²) >= 11 is 3.33. The number of piperidine rings is 1. The van der Waals surface area contributed by atoms with Crippen LogP contribution in [0, 0.1) is 5.92 Å². The second-order valence-electron chi connectivity index (χ2n) is 7.48. The lowest BCUT2D eigenvalue weighted by Crippen LogP contribution is -2.51. The smallest absolute Gasteiger partial charge is 0.251 e. The number of hydrogen-bond donors (Lipinski definition) is 1. The second-order valence-corrected chi connectivity index (χ2v) is 8.39. The standard InChI is InChI=1S/C20H27BrN4O3/c1-23-9-11-25(12-10-23)20(28)15-5-7-24(8-6-15)18(26)14-22-19(27)16-3-2-4-17(21)13-16/h2-4,13,15H,5-12,14H2,1H3,(H,22,27). The fraction of sp³-hybridized carbons (Fsp3) is 0.550. The minimum atomic E-state index is -0.269. The van der Waals surface area contributed by atoms with Crippen molar-refractivity contribution in [2.45, 2.75) is 12.8 Å². The third-order valence-corrected chi connectivity index (χ3v) is 5.99. The van der Waals surface area contributed by atoms with Crippen molar-refractivity contribution in [2.75, 3.05) is 52.9 Å². The van der Waals surface area contributed by atoms with Crippen molar-refractivity contribution in [3.05, 3.63) is 34.3 Å². The summed E-state index contributed by atoms with van der Waals surface area (Å²) in [6.07, 6.45) is 1.38. The number of halogens is 1. The van der Waals surface area contributed by atoms with E-state index in [0.717, 1.165) is 30.7 Å². The molecule has 28 heavy (non-hydrogen) atoms. The average Bonchev–Trinajstić information content (AvgIpc) is 2.72. The lowest BCUT2D eigenvalue weighted by atomic mass is 9.95. The first-order chi connectivity index (χ1) is 13.4. The topological polar surface area (TPSA) is 73.0 Å². The predicted molar refractivity (Wildman–Crippen MR) is 110 cm³/mol. The number of likely N-dealkylation sites (N-methyl/N-ethyl adjacent to an activating group) is 1. The van der Waals surface area contributed by atoms with Crippen LogP contribution in [0.25, 0.3) is 0 Å². The van der Waals surface area contributed by atoms with Crippen LogP contribution < -0.4 is 5.32 Å². The number of nitrogens with one attached hydrogen (secondary N) is 1. The van der Waals surface area contributed by atoms with Crippen LogP contribution in [0.3, 0.4) is 0 Å². The molecule has 0 radical (unpaired) electrons. The quantitative estimate of drug-likeness (QED) is 0.747. The SMILES string of the molecule is CN1CCN(C(=O)C2CCN(C(=O)CNC(=O)c3cccc(Br)c3)CC2)CC1. The van der Waals surface area contributed by atoms with Gasteiger partial charge >= 0.3 is 0 Å². The van der Waals surface area contributed by atoms with Gasteiger partial charge in [0.05, 0.1) is 6.54 Å². The van der Waals surface area contributed by atoms with Crippen LogP contribution in [-0.4, -0.2) is 85.3 Å². The maximum atomic E-state index is 12.7. The predicted octanol–water partition coefficient (Wildman–Crippen LogP) is 1.19. The highest BCUT2D eigenvalue weighted by Gasteiger charge is 2.31. The molecule has 1 aromatic carbocycles. The summed E-state index contributed by atoms with van der Waals surface area (Å²) in [6.45, 7) is 4.52. The summed E-state index contributed by atoms with van der Waals surface area (Å²) in [5, 5.41) is 2.68. The van der Waals surface area contributed by atoms with Crippen molar-refractivity contribution in [2.24, 2.45) is 5.92 Å². The van der Waals surface area contributed by atoms with E-state index in [2.05, 4.69) is 33.2 Å². The third-order valence-electron chi connectivity index (χ3n) is 5.50. The molecule has 0 unspecified atom stereocenters. The molecule has 2 fully saturated rings. The number of amides is 3. The molecule has 3 rings (SSSR count). The van der Waals surface area contributed by atoms with Gasteiger partial charge in [-0.2, -0.15) is 0 Å². The molecule has 0 bridgehead atoms. The van der Waals surface area contributed by atoms with Crippen LogP contribution in [0.1, 0.15) is 23.2 Å². The van der Waals surface area contributed by atoms with E-state index in [-0.39, 0.29) is 30.2 Å². The first-order valence-electron chi connectivity index (χ1n) is 9.73. The van der Waals surface area contributed by atoms with Crippen LogP contribution in [0.4, 0.5) is 0 Å². The van der Waals surface area contributed by atoms with E-state index in [9.17, 15) is 14.4 Å². The van der Waals surface area contributed by atoms with Crippen molar-refractivity contribution >= 4 is 33.7 Å². The van der Waals surface area contributed by atoms with Crippen LogP contribution >= 0.6 is 15.9 Å². The first kappa shape index (κ1) is 20.8. The van der Waals surface area contributed by atoms with E-state index in [1.807, 2.05) is 11.0 Å². The molecule has 3 amide bonds. The van der Waals surface area contributed by atoms with Crippen molar-refractivity contribution < 1.29 is 14.4 Å². The fourth-order valence-corrected chi connectivity index (χ4v) is 4.06. The molecule has 2 saturated heterocycles. The zero-order chi connectivity index (χ0) is 20.1. The number of benzene rings is 1. The van der Waals surface area contributed by atoms with Gasteiger partial charge in [-0.15, -0.1) is 0 Å². The third kappa shape index (κ3) is 5.32. The molecule has 1 aromatic rings. The van der Waals surface area contributed by atoms with E-state index in [0.29, 0.717) is 31.5 Å². The summed E-state index contributed by atoms with van der Waals surface area (Å²) < 4.78 is 0.818. The van der Waals surface area contributed by atoms with E-state index in [1.165, 1.54) is 0 Å². The lowest BCUT2D eigenvalue weighted by molar-refractivity contribution is -0.141. The van der Waals surface area contributed by atoms with Gasteiger partial charge in [0.2, 0.25) is 11.8 Å². The van der Waals surface area contributed by atoms with Gasteiger partial charge in [0.1, 0.15) is 0 Å². The summed E-state index contributed by atoms with van der Waals surface area (Å²) in [6, 6.07) is 7.05. The number of carbonyl (C=O) groups excluding carboxylic acids is 3. The Kier molecular flexibility index (Phi) is 7.07. The van der Waals surface area contributed by atoms with E-state index >= 15 is 0 Å². The van der Waals surface area contributed by atoms with E-state index in [4.69, 9.17) is 0 Å². The largest absolute Gasteiger partial charge is 0.343 e. The molecule has 0 spiro atoms. The van der Waals surface area contributed by atoms with Gasteiger partial charge in [-0.25, -0.2) is 0 Å². The number of hydrogen-bond acceptors (Lipinski definition) is 4. The first-order valence-corrected chi connectivity index (χ1v) is 10.5. The van der Waals surface area contributed by atoms with Crippen molar-refractivity contribution in [1.29, 1.82) is 0 Å². The molecule has 7 nitrogen and oxygen atoms in total. The molecule has 8 heteroatoms. The van der Waals surface area contributed by atoms with E-state index < -0.39 is 0 Å². The summed E-state index contributed by atoms with van der Waals surface area (Å²) in [4.78, 5) is 43.2. The Morgan fingerprint density at radius 2 is 1.71 bits per heavy atom. The molecule has 2 aliphatic rings. The monoisotopic (exact) mass is 450 g/mol. The molecular weight excluding hydrogens is 424 g/mol. The normalized spacial score (nSPS) is 18.8. The number of nitrogens with zero attached hydrogens (tertiary/aromatic N) is 3. The molecule has 2 heterocycles. The minimum Gasteiger partial charge on any atom is -0.343 e. The van der Waals surface area contributed by atoms with Crippen molar-refractivity contribution in [3.8, 4) is 0 Å². The summed E-state index contributed by atoms with van der Waals surface area (Å²) in [5.41, 5.74) is 0.513. The van der Waals surface area contributed by atoms with Crippen LogP contribution in [0.2, 0.25) is 0 Å². The average molecular weight is 451 g/mol. The zero-order valence-electron chi connectivity index (χ0n) is 16.2. The summed E-state index contributed by atoms with van der Waals surface area (Å²) in [5.74, 6) is -0.143. The van der Waals surface area contributed by atoms with Gasteiger partial charge in [-0.05, 0) is 38.1 Å². The second kappa shape index (κ2) is 9.52. The lowest BCUT2D eigenvalue weighted by Gasteiger charge is -2.37. The Morgan fingerprint density at radius 3 is 2.36 bits per heavy atom. The van der Waals surface area contributed by atoms with Crippen LogP contribution in [0.15, 0.2) is 28.7 Å². The van der Waals surface area contributed by atoms with Crippen molar-refractivity contribution in [3.63, 3.8) is 0 Å². The zero-order valence-corrected chi connectivity index (χ0v) is 17.8. The highest BCUT2D eigenvalue weighted by atomic mass is 79.9. The highest BCUT2D eigenvalue weighted by Crippen LogP contribution is 2.20. The number of piperazine rings is 1. The van der Waals surface area contributed by atoms with Gasteiger partial charge in [0, 0.05) is 55.2 Å². The van der Waals surface area contributed by atoms with Gasteiger partial charge in [0.15, 0.2) is 0 Å². The number of rotatable bonds is 4. The Labute approximate surface area is 174 Å². The summed E-state index contributed by atoms with van der Waals surface area (Å²) in [7, 11) is 2.07. The van der Waals surface area contributed by atoms with Crippen molar-refractivity contribution in [1.82, 2.24) is 20.0 Å². The van der Waals surface area contributed by atoms with Crippen LogP contribution in [-0.2, 0) is 9.59 Å². The maximum Gasteiger partial charge on any atom is 0.251 e. The van der Waals surface area contributed by atoms with Gasteiger partial charge in [-0.3, -0.25) is 14.4 Å². The number of likely N-dealkylation sites (tertiary alicyclic amines) is 1. The maximum absolute atomic E-state index is 12.7.